The zero-order valence-corrected chi connectivity index (χ0v) is 14.1. The van der Waals surface area contributed by atoms with Crippen LogP contribution in [-0.4, -0.2) is 5.91 Å². The lowest BCUT2D eigenvalue weighted by molar-refractivity contribution is 0.0940. The van der Waals surface area contributed by atoms with Gasteiger partial charge in [0.15, 0.2) is 0 Å². The predicted molar refractivity (Wildman–Crippen MR) is 86.4 cm³/mol. The second-order valence-electron chi connectivity index (χ2n) is 4.49. The first-order chi connectivity index (χ1) is 9.88. The van der Waals surface area contributed by atoms with Crippen molar-refractivity contribution in [3.05, 3.63) is 67.9 Å². The predicted octanol–water partition coefficient (Wildman–Crippen LogP) is 5.39. The number of halogens is 4. The number of benzene rings is 2. The first-order valence-corrected chi connectivity index (χ1v) is 7.64. The van der Waals surface area contributed by atoms with Gasteiger partial charge in [-0.1, -0.05) is 29.3 Å². The summed E-state index contributed by atoms with van der Waals surface area (Å²) >= 11 is 15.0. The van der Waals surface area contributed by atoms with E-state index >= 15 is 0 Å². The van der Waals surface area contributed by atoms with Gasteiger partial charge in [-0.3, -0.25) is 4.79 Å². The quantitative estimate of drug-likeness (QED) is 0.748. The number of rotatable bonds is 3. The number of carbonyl (C=O) groups is 1. The average molecular weight is 391 g/mol. The van der Waals surface area contributed by atoms with Crippen molar-refractivity contribution < 1.29 is 9.18 Å². The molecule has 0 saturated carbocycles. The van der Waals surface area contributed by atoms with E-state index in [1.165, 1.54) is 18.2 Å². The fourth-order valence-corrected chi connectivity index (χ4v) is 2.80. The molecule has 0 aliphatic rings. The summed E-state index contributed by atoms with van der Waals surface area (Å²) in [6.45, 7) is 1.81. The third-order valence-corrected chi connectivity index (χ3v) is 4.13. The first kappa shape index (κ1) is 16.3. The maximum absolute atomic E-state index is 13.2. The summed E-state index contributed by atoms with van der Waals surface area (Å²) in [6.07, 6.45) is 0. The van der Waals surface area contributed by atoms with Crippen LogP contribution in [0.1, 0.15) is 28.9 Å². The lowest BCUT2D eigenvalue weighted by Crippen LogP contribution is -2.26. The van der Waals surface area contributed by atoms with E-state index in [1.807, 2.05) is 6.92 Å². The van der Waals surface area contributed by atoms with Crippen LogP contribution in [0.3, 0.4) is 0 Å². The fraction of sp³-hybridized carbons (Fsp3) is 0.133. The Morgan fingerprint density at radius 2 is 1.95 bits per heavy atom. The molecule has 1 amide bonds. The van der Waals surface area contributed by atoms with Gasteiger partial charge in [0, 0.05) is 15.6 Å². The first-order valence-electron chi connectivity index (χ1n) is 6.09. The zero-order valence-electron chi connectivity index (χ0n) is 11.0. The van der Waals surface area contributed by atoms with E-state index in [9.17, 15) is 9.18 Å². The highest BCUT2D eigenvalue weighted by atomic mass is 79.9. The largest absolute Gasteiger partial charge is 0.345 e. The van der Waals surface area contributed by atoms with E-state index in [2.05, 4.69) is 21.2 Å². The molecular weight excluding hydrogens is 380 g/mol. The normalized spacial score (nSPS) is 12.0. The Kier molecular flexibility index (Phi) is 5.25. The van der Waals surface area contributed by atoms with Gasteiger partial charge in [-0.2, -0.15) is 0 Å². The minimum Gasteiger partial charge on any atom is -0.345 e. The third-order valence-electron chi connectivity index (χ3n) is 2.96. The van der Waals surface area contributed by atoms with Gasteiger partial charge in [-0.05, 0) is 58.7 Å². The lowest BCUT2D eigenvalue weighted by Gasteiger charge is -2.16. The van der Waals surface area contributed by atoms with Gasteiger partial charge in [-0.25, -0.2) is 4.39 Å². The minimum absolute atomic E-state index is 0.243. The van der Waals surface area contributed by atoms with Crippen molar-refractivity contribution in [2.45, 2.75) is 13.0 Å². The maximum Gasteiger partial charge on any atom is 0.251 e. The topological polar surface area (TPSA) is 29.1 Å². The van der Waals surface area contributed by atoms with Crippen molar-refractivity contribution in [3.8, 4) is 0 Å². The van der Waals surface area contributed by atoms with E-state index in [1.54, 1.807) is 18.2 Å². The van der Waals surface area contributed by atoms with Gasteiger partial charge in [0.2, 0.25) is 0 Å². The molecule has 0 aliphatic heterocycles. The van der Waals surface area contributed by atoms with Gasteiger partial charge < -0.3 is 5.32 Å². The zero-order chi connectivity index (χ0) is 15.6. The molecule has 6 heteroatoms. The molecule has 0 fully saturated rings. The number of nitrogens with one attached hydrogen (secondary N) is 1. The Balaban J connectivity index is 2.16. The van der Waals surface area contributed by atoms with Crippen molar-refractivity contribution in [1.29, 1.82) is 0 Å². The van der Waals surface area contributed by atoms with E-state index in [0.717, 1.165) is 5.56 Å². The second-order valence-corrected chi connectivity index (χ2v) is 6.19. The van der Waals surface area contributed by atoms with Crippen LogP contribution < -0.4 is 5.32 Å². The molecular formula is C15H11BrCl2FNO. The van der Waals surface area contributed by atoms with Crippen LogP contribution in [0.2, 0.25) is 10.0 Å². The molecule has 21 heavy (non-hydrogen) atoms. The van der Waals surface area contributed by atoms with Crippen LogP contribution in [-0.2, 0) is 0 Å². The molecule has 2 aromatic carbocycles. The molecule has 0 heterocycles. The van der Waals surface area contributed by atoms with Crippen molar-refractivity contribution in [2.24, 2.45) is 0 Å². The standard InChI is InChI=1S/C15H11BrCl2FNO/c1-8(11-4-3-10(17)7-13(11)18)20-15(21)9-2-5-14(19)12(16)6-9/h2-8H,1H3,(H,20,21). The number of hydrogen-bond acceptors (Lipinski definition) is 1. The summed E-state index contributed by atoms with van der Waals surface area (Å²) < 4.78 is 13.4. The third kappa shape index (κ3) is 3.96. The smallest absolute Gasteiger partial charge is 0.251 e. The summed E-state index contributed by atoms with van der Waals surface area (Å²) in [5, 5.41) is 3.82. The Labute approximate surface area is 140 Å². The maximum atomic E-state index is 13.2. The molecule has 1 atom stereocenters. The van der Waals surface area contributed by atoms with Gasteiger partial charge in [0.05, 0.1) is 10.5 Å². The van der Waals surface area contributed by atoms with E-state index in [-0.39, 0.29) is 16.4 Å². The van der Waals surface area contributed by atoms with Crippen molar-refractivity contribution in [2.75, 3.05) is 0 Å². The Morgan fingerprint density at radius 3 is 2.57 bits per heavy atom. The molecule has 2 nitrogen and oxygen atoms in total. The molecule has 0 aliphatic carbocycles. The summed E-state index contributed by atoms with van der Waals surface area (Å²) in [5.74, 6) is -0.727. The SMILES string of the molecule is CC(NC(=O)c1ccc(F)c(Br)c1)c1ccc(Cl)cc1Cl. The minimum atomic E-state index is -0.416. The van der Waals surface area contributed by atoms with Crippen LogP contribution in [0, 0.1) is 5.82 Å². The Morgan fingerprint density at radius 1 is 1.24 bits per heavy atom. The van der Waals surface area contributed by atoms with Gasteiger partial charge in [0.1, 0.15) is 5.82 Å². The van der Waals surface area contributed by atoms with Crippen molar-refractivity contribution in [3.63, 3.8) is 0 Å². The molecule has 1 unspecified atom stereocenters. The molecule has 110 valence electrons. The van der Waals surface area contributed by atoms with E-state index in [4.69, 9.17) is 23.2 Å². The fourth-order valence-electron chi connectivity index (χ4n) is 1.85. The highest BCUT2D eigenvalue weighted by Gasteiger charge is 2.15. The average Bonchev–Trinajstić information content (AvgIpc) is 2.41. The Hall–Kier alpha value is -1.10. The molecule has 0 radical (unpaired) electrons. The summed E-state index contributed by atoms with van der Waals surface area (Å²) in [7, 11) is 0. The van der Waals surface area contributed by atoms with Crippen LogP contribution in [0.15, 0.2) is 40.9 Å². The highest BCUT2D eigenvalue weighted by Crippen LogP contribution is 2.26. The molecule has 0 saturated heterocycles. The van der Waals surface area contributed by atoms with E-state index in [0.29, 0.717) is 15.6 Å². The lowest BCUT2D eigenvalue weighted by atomic mass is 10.1. The van der Waals surface area contributed by atoms with E-state index < -0.39 is 5.82 Å². The van der Waals surface area contributed by atoms with Crippen LogP contribution in [0.5, 0.6) is 0 Å². The number of hydrogen-bond donors (Lipinski definition) is 1. The van der Waals surface area contributed by atoms with Gasteiger partial charge in [0.25, 0.3) is 5.91 Å². The highest BCUT2D eigenvalue weighted by molar-refractivity contribution is 9.10. The van der Waals surface area contributed by atoms with Crippen molar-refractivity contribution in [1.82, 2.24) is 5.32 Å². The van der Waals surface area contributed by atoms with Crippen LogP contribution >= 0.6 is 39.1 Å². The summed E-state index contributed by atoms with van der Waals surface area (Å²) in [6, 6.07) is 8.88. The van der Waals surface area contributed by atoms with Crippen LogP contribution in [0.4, 0.5) is 4.39 Å². The summed E-state index contributed by atoms with van der Waals surface area (Å²) in [4.78, 5) is 12.1. The monoisotopic (exact) mass is 389 g/mol. The van der Waals surface area contributed by atoms with Gasteiger partial charge >= 0.3 is 0 Å². The summed E-state index contributed by atoms with van der Waals surface area (Å²) in [5.41, 5.74) is 1.12. The molecule has 2 rings (SSSR count). The molecule has 1 N–H and O–H groups in total. The molecule has 2 aromatic rings. The number of amides is 1. The second kappa shape index (κ2) is 6.77. The Bertz CT molecular complexity index is 693. The molecule has 0 aromatic heterocycles. The number of carbonyl (C=O) groups excluding carboxylic acids is 1. The van der Waals surface area contributed by atoms with Crippen LogP contribution in [0.25, 0.3) is 0 Å². The van der Waals surface area contributed by atoms with Crippen molar-refractivity contribution >= 4 is 45.0 Å². The molecule has 0 bridgehead atoms. The molecule has 0 spiro atoms. The van der Waals surface area contributed by atoms with Gasteiger partial charge in [-0.15, -0.1) is 0 Å².